The first-order valence-corrected chi connectivity index (χ1v) is 8.95. The van der Waals surface area contributed by atoms with Gasteiger partial charge in [0.1, 0.15) is 23.2 Å². The van der Waals surface area contributed by atoms with Crippen LogP contribution in [0.4, 0.5) is 5.69 Å². The van der Waals surface area contributed by atoms with Crippen LogP contribution in [0, 0.1) is 11.3 Å². The minimum Gasteiger partial charge on any atom is -0.478 e. The third-order valence-corrected chi connectivity index (χ3v) is 4.43. The molecule has 2 aromatic carbocycles. The highest BCUT2D eigenvalue weighted by atomic mass is 35.5. The van der Waals surface area contributed by atoms with Crippen molar-refractivity contribution in [3.63, 3.8) is 0 Å². The van der Waals surface area contributed by atoms with Crippen molar-refractivity contribution >= 4 is 46.8 Å². The minimum atomic E-state index is -1.13. The summed E-state index contributed by atoms with van der Waals surface area (Å²) in [4.78, 5) is 23.4. The maximum Gasteiger partial charge on any atom is 0.337 e. The number of anilines is 1. The first-order chi connectivity index (χ1) is 13.9. The number of carbonyl (C=O) groups excluding carboxylic acids is 1. The lowest BCUT2D eigenvalue weighted by Gasteiger charge is -2.04. The van der Waals surface area contributed by atoms with Crippen LogP contribution in [0.1, 0.15) is 16.1 Å². The maximum absolute atomic E-state index is 12.3. The van der Waals surface area contributed by atoms with E-state index < -0.39 is 11.9 Å². The first-order valence-electron chi connectivity index (χ1n) is 8.19. The topological polar surface area (TPSA) is 103 Å². The minimum absolute atomic E-state index is 0.0206. The normalized spacial score (nSPS) is 11.0. The molecule has 144 valence electrons. The number of aromatic carboxylic acids is 1. The van der Waals surface area contributed by atoms with Crippen molar-refractivity contribution in [2.24, 2.45) is 0 Å². The zero-order chi connectivity index (χ0) is 21.0. The van der Waals surface area contributed by atoms with Crippen molar-refractivity contribution in [1.29, 1.82) is 5.26 Å². The number of rotatable bonds is 5. The largest absolute Gasteiger partial charge is 0.478 e. The Hall–Kier alpha value is -3.53. The van der Waals surface area contributed by atoms with Crippen LogP contribution in [0.3, 0.4) is 0 Å². The van der Waals surface area contributed by atoms with E-state index in [4.69, 9.17) is 32.7 Å². The van der Waals surface area contributed by atoms with Gasteiger partial charge in [-0.3, -0.25) is 4.79 Å². The Morgan fingerprint density at radius 1 is 1.07 bits per heavy atom. The van der Waals surface area contributed by atoms with Crippen molar-refractivity contribution in [3.05, 3.63) is 81.5 Å². The summed E-state index contributed by atoms with van der Waals surface area (Å²) in [5.41, 5.74) is 0.880. The van der Waals surface area contributed by atoms with Crippen molar-refractivity contribution in [2.45, 2.75) is 0 Å². The van der Waals surface area contributed by atoms with Crippen LogP contribution in [0.5, 0.6) is 0 Å². The molecule has 0 bridgehead atoms. The number of amides is 1. The molecule has 0 aliphatic carbocycles. The number of carboxylic acid groups (broad SMARTS) is 1. The fraction of sp³-hybridized carbons (Fsp3) is 0. The van der Waals surface area contributed by atoms with Gasteiger partial charge in [0, 0.05) is 22.3 Å². The van der Waals surface area contributed by atoms with Crippen LogP contribution in [0.15, 0.2) is 64.6 Å². The predicted molar refractivity (Wildman–Crippen MR) is 110 cm³/mol. The molecule has 0 fully saturated rings. The molecule has 29 heavy (non-hydrogen) atoms. The number of halogens is 2. The lowest BCUT2D eigenvalue weighted by atomic mass is 10.1. The summed E-state index contributed by atoms with van der Waals surface area (Å²) in [6, 6.07) is 15.9. The highest BCUT2D eigenvalue weighted by Crippen LogP contribution is 2.28. The van der Waals surface area contributed by atoms with Crippen LogP contribution in [0.25, 0.3) is 17.4 Å². The van der Waals surface area contributed by atoms with Gasteiger partial charge in [0.25, 0.3) is 5.91 Å². The number of nitriles is 1. The van der Waals surface area contributed by atoms with Crippen molar-refractivity contribution in [3.8, 4) is 17.4 Å². The van der Waals surface area contributed by atoms with Gasteiger partial charge in [-0.2, -0.15) is 5.26 Å². The standard InChI is InChI=1S/C21H12Cl2N2O4/c22-14-2-4-15(5-3-14)25-20(26)13(11-24)9-16-6-8-19(29-16)12-1-7-17(21(27)28)18(23)10-12/h1-10H,(H,25,26)(H,27,28)/b13-9-. The second-order valence-corrected chi connectivity index (χ2v) is 6.68. The highest BCUT2D eigenvalue weighted by Gasteiger charge is 2.13. The molecule has 3 aromatic rings. The SMILES string of the molecule is N#C/C(=C/c1ccc(-c2ccc(C(=O)O)c(Cl)c2)o1)C(=O)Nc1ccc(Cl)cc1. The molecule has 0 saturated heterocycles. The summed E-state index contributed by atoms with van der Waals surface area (Å²) in [5, 5.41) is 21.5. The van der Waals surface area contributed by atoms with Crippen LogP contribution in [-0.2, 0) is 4.79 Å². The first kappa shape index (κ1) is 20.2. The van der Waals surface area contributed by atoms with Crippen LogP contribution >= 0.6 is 23.2 Å². The zero-order valence-corrected chi connectivity index (χ0v) is 16.2. The number of hydrogen-bond donors (Lipinski definition) is 2. The quantitative estimate of drug-likeness (QED) is 0.414. The molecule has 0 radical (unpaired) electrons. The molecule has 0 aliphatic heterocycles. The third-order valence-electron chi connectivity index (χ3n) is 3.86. The Kier molecular flexibility index (Phi) is 6.03. The molecule has 6 nitrogen and oxygen atoms in total. The Bertz CT molecular complexity index is 1160. The number of carboxylic acids is 1. The Labute approximate surface area is 175 Å². The fourth-order valence-electron chi connectivity index (χ4n) is 2.45. The Morgan fingerprint density at radius 3 is 2.41 bits per heavy atom. The van der Waals surface area contributed by atoms with E-state index in [-0.39, 0.29) is 21.9 Å². The van der Waals surface area contributed by atoms with E-state index >= 15 is 0 Å². The average Bonchev–Trinajstić information content (AvgIpc) is 3.16. The van der Waals surface area contributed by atoms with Crippen molar-refractivity contribution in [1.82, 2.24) is 0 Å². The van der Waals surface area contributed by atoms with E-state index in [1.54, 1.807) is 42.5 Å². The summed E-state index contributed by atoms with van der Waals surface area (Å²) in [5.74, 6) is -1.04. The van der Waals surface area contributed by atoms with E-state index in [0.29, 0.717) is 22.0 Å². The lowest BCUT2D eigenvalue weighted by Crippen LogP contribution is -2.13. The molecule has 1 heterocycles. The van der Waals surface area contributed by atoms with Gasteiger partial charge in [0.15, 0.2) is 0 Å². The number of furan rings is 1. The average molecular weight is 427 g/mol. The second kappa shape index (κ2) is 8.65. The summed E-state index contributed by atoms with van der Waals surface area (Å²) in [7, 11) is 0. The van der Waals surface area contributed by atoms with Crippen LogP contribution in [-0.4, -0.2) is 17.0 Å². The molecular formula is C21H12Cl2N2O4. The van der Waals surface area contributed by atoms with Gasteiger partial charge in [-0.25, -0.2) is 4.79 Å². The van der Waals surface area contributed by atoms with Gasteiger partial charge in [0.2, 0.25) is 0 Å². The summed E-state index contributed by atoms with van der Waals surface area (Å²) < 4.78 is 5.64. The molecule has 2 N–H and O–H groups in total. The number of nitrogens with zero attached hydrogens (tertiary/aromatic N) is 1. The molecule has 1 aromatic heterocycles. The number of carbonyl (C=O) groups is 2. The molecular weight excluding hydrogens is 415 g/mol. The van der Waals surface area contributed by atoms with Gasteiger partial charge in [-0.15, -0.1) is 0 Å². The van der Waals surface area contributed by atoms with Gasteiger partial charge >= 0.3 is 5.97 Å². The van der Waals surface area contributed by atoms with Crippen molar-refractivity contribution in [2.75, 3.05) is 5.32 Å². The van der Waals surface area contributed by atoms with Gasteiger partial charge in [0.05, 0.1) is 10.6 Å². The molecule has 0 unspecified atom stereocenters. The maximum atomic E-state index is 12.3. The second-order valence-electron chi connectivity index (χ2n) is 5.83. The van der Waals surface area contributed by atoms with Crippen LogP contribution in [0.2, 0.25) is 10.0 Å². The van der Waals surface area contributed by atoms with Gasteiger partial charge < -0.3 is 14.8 Å². The van der Waals surface area contributed by atoms with Crippen molar-refractivity contribution < 1.29 is 19.1 Å². The van der Waals surface area contributed by atoms with E-state index in [9.17, 15) is 14.9 Å². The smallest absolute Gasteiger partial charge is 0.337 e. The summed E-state index contributed by atoms with van der Waals surface area (Å²) >= 11 is 11.8. The molecule has 3 rings (SSSR count). The fourth-order valence-corrected chi connectivity index (χ4v) is 2.84. The zero-order valence-electron chi connectivity index (χ0n) is 14.6. The van der Waals surface area contributed by atoms with E-state index in [2.05, 4.69) is 5.32 Å². The predicted octanol–water partition coefficient (Wildman–Crippen LogP) is 5.50. The Morgan fingerprint density at radius 2 is 1.79 bits per heavy atom. The molecule has 1 amide bonds. The van der Waals surface area contributed by atoms with E-state index in [1.807, 2.05) is 6.07 Å². The third kappa shape index (κ3) is 4.85. The molecule has 8 heteroatoms. The molecule has 0 atom stereocenters. The van der Waals surface area contributed by atoms with E-state index in [0.717, 1.165) is 0 Å². The number of benzene rings is 2. The lowest BCUT2D eigenvalue weighted by molar-refractivity contribution is -0.112. The van der Waals surface area contributed by atoms with Crippen LogP contribution < -0.4 is 5.32 Å². The molecule has 0 spiro atoms. The molecule has 0 saturated carbocycles. The highest BCUT2D eigenvalue weighted by molar-refractivity contribution is 6.33. The van der Waals surface area contributed by atoms with Gasteiger partial charge in [-0.05, 0) is 48.5 Å². The summed E-state index contributed by atoms with van der Waals surface area (Å²) in [6.07, 6.45) is 1.31. The number of hydrogen-bond acceptors (Lipinski definition) is 4. The molecule has 0 aliphatic rings. The van der Waals surface area contributed by atoms with Gasteiger partial charge in [-0.1, -0.05) is 29.3 Å². The monoisotopic (exact) mass is 426 g/mol. The number of nitrogens with one attached hydrogen (secondary N) is 1. The summed E-state index contributed by atoms with van der Waals surface area (Å²) in [6.45, 7) is 0. The van der Waals surface area contributed by atoms with E-state index in [1.165, 1.54) is 18.2 Å². The Balaban J connectivity index is 1.81.